The lowest BCUT2D eigenvalue weighted by molar-refractivity contribution is 0.490. The number of hydrogen-bond donors (Lipinski definition) is 0. The maximum atomic E-state index is 8.13. The second kappa shape index (κ2) is 15.3. The van der Waals surface area contributed by atoms with Gasteiger partial charge < -0.3 is 23.4 Å². The van der Waals surface area contributed by atoms with Crippen molar-refractivity contribution in [2.24, 2.45) is 0 Å². The molecule has 13 aromatic rings. The van der Waals surface area contributed by atoms with Gasteiger partial charge in [0.15, 0.2) is 0 Å². The molecule has 11 aromatic carbocycles. The SMILES string of the molecule is Cc1ccccc1-c1cc2c3c(c1)N(c1cccc4ccccc14)c1c4c(c(-c5ccccc5)c5oc6ccccc6c15)Oc1c(c(c5c(oc6ccccc65)c1-c1ccccc1)N2C1=c2ccccc2=CCC1)B34. The van der Waals surface area contributed by atoms with Crippen LogP contribution in [0.2, 0.25) is 0 Å². The first-order chi connectivity index (χ1) is 37.2. The highest BCUT2D eigenvalue weighted by Crippen LogP contribution is 2.59. The Morgan fingerprint density at radius 1 is 0.453 bits per heavy atom. The molecule has 0 saturated carbocycles. The predicted molar refractivity (Wildman–Crippen MR) is 310 cm³/mol. The van der Waals surface area contributed by atoms with E-state index in [0.717, 1.165) is 141 Å². The van der Waals surface area contributed by atoms with Crippen LogP contribution < -0.4 is 41.4 Å². The quantitative estimate of drug-likeness (QED) is 0.161. The van der Waals surface area contributed by atoms with Crippen molar-refractivity contribution in [3.63, 3.8) is 0 Å². The van der Waals surface area contributed by atoms with Gasteiger partial charge in [0.25, 0.3) is 6.71 Å². The third kappa shape index (κ3) is 5.52. The van der Waals surface area contributed by atoms with Crippen molar-refractivity contribution in [1.29, 1.82) is 0 Å². The molecule has 0 bridgehead atoms. The number of ether oxygens (including phenoxy) is 1. The summed E-state index contributed by atoms with van der Waals surface area (Å²) in [5, 5.41) is 9.08. The fourth-order valence-electron chi connectivity index (χ4n) is 13.5. The zero-order chi connectivity index (χ0) is 49.0. The summed E-state index contributed by atoms with van der Waals surface area (Å²) in [6, 6.07) is 77.0. The number of hydrogen-bond acceptors (Lipinski definition) is 5. The van der Waals surface area contributed by atoms with Crippen molar-refractivity contribution in [3.05, 3.63) is 228 Å². The smallest absolute Gasteiger partial charge is 0.262 e. The van der Waals surface area contributed by atoms with E-state index in [1.54, 1.807) is 0 Å². The Morgan fingerprint density at radius 2 is 1.00 bits per heavy atom. The van der Waals surface area contributed by atoms with E-state index in [0.29, 0.717) is 0 Å². The molecule has 350 valence electrons. The Balaban J connectivity index is 1.16. The van der Waals surface area contributed by atoms with Crippen LogP contribution in [0.25, 0.3) is 99.8 Å². The van der Waals surface area contributed by atoms with Crippen molar-refractivity contribution >= 4 is 118 Å². The predicted octanol–water partition coefficient (Wildman–Crippen LogP) is 15.2. The summed E-state index contributed by atoms with van der Waals surface area (Å²) in [5.41, 5.74) is 21.1. The van der Waals surface area contributed by atoms with Gasteiger partial charge in [0, 0.05) is 38.4 Å². The molecule has 5 heterocycles. The zero-order valence-corrected chi connectivity index (χ0v) is 40.9. The lowest BCUT2D eigenvalue weighted by Gasteiger charge is -2.48. The average Bonchev–Trinajstić information content (AvgIpc) is 4.24. The molecule has 0 amide bonds. The summed E-state index contributed by atoms with van der Waals surface area (Å²) in [5.74, 6) is 1.60. The molecular formula is C69H43BN2O3. The number of aryl methyl sites for hydroxylation is 1. The molecule has 75 heavy (non-hydrogen) atoms. The molecule has 0 unspecified atom stereocenters. The van der Waals surface area contributed by atoms with E-state index < -0.39 is 0 Å². The van der Waals surface area contributed by atoms with E-state index in [-0.39, 0.29) is 6.71 Å². The number of fused-ring (bicyclic) bond motifs is 10. The molecule has 3 aliphatic heterocycles. The molecule has 2 aromatic heterocycles. The van der Waals surface area contributed by atoms with E-state index >= 15 is 0 Å². The van der Waals surface area contributed by atoms with Gasteiger partial charge in [0.2, 0.25) is 0 Å². The largest absolute Gasteiger partial charge is 0.457 e. The number of nitrogens with zero attached hydrogens (tertiary/aromatic N) is 2. The minimum atomic E-state index is -0.292. The van der Waals surface area contributed by atoms with E-state index in [1.807, 2.05) is 0 Å². The fraction of sp³-hybridized carbons (Fsp3) is 0.0435. The summed E-state index contributed by atoms with van der Waals surface area (Å²) in [4.78, 5) is 5.25. The second-order valence-corrected chi connectivity index (χ2v) is 20.5. The topological polar surface area (TPSA) is 42.0 Å². The molecule has 0 atom stereocenters. The summed E-state index contributed by atoms with van der Waals surface area (Å²) >= 11 is 0. The monoisotopic (exact) mass is 958 g/mol. The Morgan fingerprint density at radius 3 is 1.68 bits per heavy atom. The third-order valence-electron chi connectivity index (χ3n) is 16.6. The average molecular weight is 959 g/mol. The van der Waals surface area contributed by atoms with Crippen LogP contribution in [-0.4, -0.2) is 6.71 Å². The third-order valence-corrected chi connectivity index (χ3v) is 16.6. The molecule has 0 spiro atoms. The number of benzene rings is 11. The number of para-hydroxylation sites is 2. The fourth-order valence-corrected chi connectivity index (χ4v) is 13.5. The van der Waals surface area contributed by atoms with E-state index in [1.165, 1.54) is 38.1 Å². The van der Waals surface area contributed by atoms with Crippen molar-refractivity contribution in [3.8, 4) is 44.9 Å². The minimum Gasteiger partial charge on any atom is -0.457 e. The van der Waals surface area contributed by atoms with Gasteiger partial charge in [-0.1, -0.05) is 188 Å². The van der Waals surface area contributed by atoms with E-state index in [9.17, 15) is 0 Å². The number of furan rings is 2. The van der Waals surface area contributed by atoms with Crippen LogP contribution in [0, 0.1) is 6.92 Å². The number of rotatable bonds is 5. The van der Waals surface area contributed by atoms with Crippen LogP contribution in [0.1, 0.15) is 18.4 Å². The molecule has 5 nitrogen and oxygen atoms in total. The van der Waals surface area contributed by atoms with Gasteiger partial charge in [0.05, 0.1) is 39.0 Å². The summed E-state index contributed by atoms with van der Waals surface area (Å²) < 4.78 is 22.8. The zero-order valence-electron chi connectivity index (χ0n) is 40.9. The van der Waals surface area contributed by atoms with Crippen molar-refractivity contribution < 1.29 is 13.6 Å². The Hall–Kier alpha value is -9.52. The molecule has 1 aliphatic carbocycles. The summed E-state index contributed by atoms with van der Waals surface area (Å²) in [6.07, 6.45) is 4.15. The summed E-state index contributed by atoms with van der Waals surface area (Å²) in [6.45, 7) is 1.95. The van der Waals surface area contributed by atoms with Gasteiger partial charge >= 0.3 is 0 Å². The van der Waals surface area contributed by atoms with Crippen LogP contribution >= 0.6 is 0 Å². The molecular weight excluding hydrogens is 916 g/mol. The maximum Gasteiger partial charge on any atom is 0.262 e. The van der Waals surface area contributed by atoms with Gasteiger partial charge in [-0.3, -0.25) is 0 Å². The van der Waals surface area contributed by atoms with Crippen LogP contribution in [-0.2, 0) is 0 Å². The van der Waals surface area contributed by atoms with Gasteiger partial charge in [-0.2, -0.15) is 0 Å². The van der Waals surface area contributed by atoms with Crippen molar-refractivity contribution in [2.75, 3.05) is 9.80 Å². The molecule has 6 heteroatoms. The second-order valence-electron chi connectivity index (χ2n) is 20.5. The molecule has 0 N–H and O–H groups in total. The Kier molecular flexibility index (Phi) is 8.35. The highest BCUT2D eigenvalue weighted by Gasteiger charge is 2.53. The lowest BCUT2D eigenvalue weighted by Crippen LogP contribution is -2.64. The highest BCUT2D eigenvalue weighted by molar-refractivity contribution is 7.02. The van der Waals surface area contributed by atoms with Crippen molar-refractivity contribution in [2.45, 2.75) is 19.8 Å². The Labute approximate surface area is 432 Å². The highest BCUT2D eigenvalue weighted by atomic mass is 16.5. The standard InChI is InChI=1S/C69H43BN2O3/c1-40-20-8-11-29-46(40)45-38-53-61-54(39-45)72(52-35-19-28-42-22-10-13-31-48(42)52)65-60-50-33-15-17-37-56(50)74-67(60)58(44-25-6-3-7-26-44)69-63(65)70(61)62-64(71(53)51-34-18-27-41-21-9-12-30-47(41)51)59-49-32-14-16-36-55(49)73-66(59)57(68(62)75-69)43-23-4-2-5-24-43/h2-18,20-34,36-39H,19,35H2,1H3. The maximum absolute atomic E-state index is 8.13. The van der Waals surface area contributed by atoms with Crippen LogP contribution in [0.4, 0.5) is 28.4 Å². The van der Waals surface area contributed by atoms with Gasteiger partial charge in [-0.05, 0) is 105 Å². The van der Waals surface area contributed by atoms with Crippen molar-refractivity contribution in [1.82, 2.24) is 0 Å². The minimum absolute atomic E-state index is 0.292. The molecule has 0 fully saturated rings. The first kappa shape index (κ1) is 41.0. The molecule has 0 saturated heterocycles. The van der Waals surface area contributed by atoms with Crippen LogP contribution in [0.15, 0.2) is 221 Å². The van der Waals surface area contributed by atoms with E-state index in [2.05, 4.69) is 235 Å². The van der Waals surface area contributed by atoms with Crippen LogP contribution in [0.5, 0.6) is 11.5 Å². The molecule has 4 aliphatic rings. The van der Waals surface area contributed by atoms with E-state index in [4.69, 9.17) is 13.6 Å². The van der Waals surface area contributed by atoms with Crippen LogP contribution in [0.3, 0.4) is 0 Å². The summed E-state index contributed by atoms with van der Waals surface area (Å²) in [7, 11) is 0. The molecule has 0 radical (unpaired) electrons. The van der Waals surface area contributed by atoms with Gasteiger partial charge in [-0.25, -0.2) is 0 Å². The normalized spacial score (nSPS) is 13.9. The molecule has 17 rings (SSSR count). The first-order valence-corrected chi connectivity index (χ1v) is 26.1. The van der Waals surface area contributed by atoms with Gasteiger partial charge in [-0.15, -0.1) is 0 Å². The lowest BCUT2D eigenvalue weighted by atomic mass is 9.32. The number of anilines is 5. The first-order valence-electron chi connectivity index (χ1n) is 26.1. The Bertz CT molecular complexity index is 4780. The van der Waals surface area contributed by atoms with Gasteiger partial charge in [0.1, 0.15) is 33.8 Å².